The average Bonchev–Trinajstić information content (AvgIpc) is 3.17. The lowest BCUT2D eigenvalue weighted by Crippen LogP contribution is -2.37. The van der Waals surface area contributed by atoms with E-state index in [0.717, 1.165) is 12.0 Å². The van der Waals surface area contributed by atoms with E-state index in [4.69, 9.17) is 5.26 Å². The van der Waals surface area contributed by atoms with E-state index in [1.165, 1.54) is 17.7 Å². The highest BCUT2D eigenvalue weighted by Crippen LogP contribution is 2.61. The van der Waals surface area contributed by atoms with Gasteiger partial charge in [-0.3, -0.25) is 9.52 Å². The molecule has 2 aromatic carbocycles. The zero-order chi connectivity index (χ0) is 17.6. The van der Waals surface area contributed by atoms with Crippen molar-refractivity contribution in [2.45, 2.75) is 12.3 Å². The number of carbonyl (C=O) groups excluding carboxylic acids is 1. The smallest absolute Gasteiger partial charge is 0.274 e. The minimum Gasteiger partial charge on any atom is -0.274 e. The molecule has 3 unspecified atom stereocenters. The van der Waals surface area contributed by atoms with Gasteiger partial charge in [0.1, 0.15) is 0 Å². The Kier molecular flexibility index (Phi) is 3.51. The summed E-state index contributed by atoms with van der Waals surface area (Å²) >= 11 is 0. The predicted molar refractivity (Wildman–Crippen MR) is 91.7 cm³/mol. The fourth-order valence-corrected chi connectivity index (χ4v) is 4.63. The molecule has 2 aromatic rings. The van der Waals surface area contributed by atoms with Crippen LogP contribution >= 0.6 is 0 Å². The molecule has 0 saturated heterocycles. The lowest BCUT2D eigenvalue weighted by Gasteiger charge is -2.11. The van der Waals surface area contributed by atoms with Crippen molar-refractivity contribution in [3.05, 3.63) is 65.2 Å². The van der Waals surface area contributed by atoms with Gasteiger partial charge >= 0.3 is 10.2 Å². The highest BCUT2D eigenvalue weighted by Gasteiger charge is 2.59. The summed E-state index contributed by atoms with van der Waals surface area (Å²) < 4.78 is 28.7. The maximum Gasteiger partial charge on any atom is 0.323 e. The van der Waals surface area contributed by atoms with Gasteiger partial charge in [-0.15, -0.1) is 0 Å². The largest absolute Gasteiger partial charge is 0.323 e. The van der Waals surface area contributed by atoms with Crippen molar-refractivity contribution in [2.24, 2.45) is 11.8 Å². The van der Waals surface area contributed by atoms with Gasteiger partial charge in [0.15, 0.2) is 0 Å². The molecule has 0 bridgehead atoms. The van der Waals surface area contributed by atoms with Crippen LogP contribution in [0, 0.1) is 23.2 Å². The molecule has 0 heterocycles. The number of carbonyl (C=O) groups is 1. The molecule has 0 aromatic heterocycles. The van der Waals surface area contributed by atoms with Crippen LogP contribution in [0.25, 0.3) is 0 Å². The molecule has 2 N–H and O–H groups in total. The van der Waals surface area contributed by atoms with E-state index in [0.29, 0.717) is 5.56 Å². The maximum absolute atomic E-state index is 12.4. The Labute approximate surface area is 145 Å². The molecule has 4 rings (SSSR count). The first-order valence-corrected chi connectivity index (χ1v) is 9.39. The van der Waals surface area contributed by atoms with Crippen LogP contribution in [0.15, 0.2) is 48.5 Å². The number of rotatable bonds is 4. The number of amides is 1. The third-order valence-electron chi connectivity index (χ3n) is 4.82. The van der Waals surface area contributed by atoms with Crippen molar-refractivity contribution >= 4 is 21.8 Å². The number of anilines is 1. The second-order valence-electron chi connectivity index (χ2n) is 6.38. The van der Waals surface area contributed by atoms with Gasteiger partial charge in [0.2, 0.25) is 5.91 Å². The number of nitrogens with one attached hydrogen (secondary N) is 2. The van der Waals surface area contributed by atoms with Crippen LogP contribution in [0.1, 0.15) is 22.6 Å². The van der Waals surface area contributed by atoms with Crippen molar-refractivity contribution in [1.82, 2.24) is 4.72 Å². The molecule has 0 aliphatic heterocycles. The summed E-state index contributed by atoms with van der Waals surface area (Å²) in [7, 11) is -4.03. The third kappa shape index (κ3) is 2.85. The van der Waals surface area contributed by atoms with E-state index in [9.17, 15) is 13.2 Å². The number of benzene rings is 2. The van der Waals surface area contributed by atoms with Crippen LogP contribution in [0.4, 0.5) is 5.69 Å². The summed E-state index contributed by atoms with van der Waals surface area (Å²) in [5.74, 6) is -0.465. The van der Waals surface area contributed by atoms with Crippen LogP contribution in [-0.2, 0) is 21.4 Å². The summed E-state index contributed by atoms with van der Waals surface area (Å²) in [4.78, 5) is 12.4. The van der Waals surface area contributed by atoms with Crippen LogP contribution in [-0.4, -0.2) is 14.3 Å². The van der Waals surface area contributed by atoms with Crippen LogP contribution in [0.5, 0.6) is 0 Å². The molecule has 2 aliphatic rings. The third-order valence-corrected chi connectivity index (χ3v) is 5.79. The molecule has 3 atom stereocenters. The first-order valence-electron chi connectivity index (χ1n) is 7.91. The first-order chi connectivity index (χ1) is 12.0. The van der Waals surface area contributed by atoms with E-state index in [1.807, 2.05) is 24.3 Å². The van der Waals surface area contributed by atoms with Gasteiger partial charge in [-0.2, -0.15) is 13.7 Å². The van der Waals surface area contributed by atoms with Crippen LogP contribution in [0.3, 0.4) is 0 Å². The molecule has 1 fully saturated rings. The average molecular weight is 353 g/mol. The van der Waals surface area contributed by atoms with Gasteiger partial charge in [0.05, 0.1) is 17.3 Å². The Balaban J connectivity index is 1.44. The Morgan fingerprint density at radius 1 is 1.16 bits per heavy atom. The highest BCUT2D eigenvalue weighted by atomic mass is 32.2. The fraction of sp³-hybridized carbons (Fsp3) is 0.222. The Morgan fingerprint density at radius 3 is 2.76 bits per heavy atom. The summed E-state index contributed by atoms with van der Waals surface area (Å²) in [6.07, 6.45) is 0.816. The van der Waals surface area contributed by atoms with Crippen LogP contribution < -0.4 is 9.44 Å². The SMILES string of the molecule is N#Cc1cccc(NS(=O)(=O)NC(=O)C2C3Cc4ccccc4C32)c1. The second-order valence-corrected chi connectivity index (χ2v) is 7.80. The number of hydrogen-bond acceptors (Lipinski definition) is 4. The number of fused-ring (bicyclic) bond motifs is 3. The highest BCUT2D eigenvalue weighted by molar-refractivity contribution is 7.91. The van der Waals surface area contributed by atoms with Gasteiger partial charge in [-0.1, -0.05) is 30.3 Å². The summed E-state index contributed by atoms with van der Waals surface area (Å²) in [6, 6.07) is 16.0. The van der Waals surface area contributed by atoms with E-state index < -0.39 is 16.1 Å². The Hall–Kier alpha value is -2.85. The Bertz CT molecular complexity index is 1010. The molecular weight excluding hydrogens is 338 g/mol. The maximum atomic E-state index is 12.4. The predicted octanol–water partition coefficient (Wildman–Crippen LogP) is 1.92. The molecule has 126 valence electrons. The number of hydrogen-bond donors (Lipinski definition) is 2. The zero-order valence-electron chi connectivity index (χ0n) is 13.1. The van der Waals surface area contributed by atoms with Crippen LogP contribution in [0.2, 0.25) is 0 Å². The van der Waals surface area contributed by atoms with Gasteiger partial charge in [0.25, 0.3) is 0 Å². The van der Waals surface area contributed by atoms with E-state index in [-0.39, 0.29) is 23.4 Å². The summed E-state index contributed by atoms with van der Waals surface area (Å²) in [6.45, 7) is 0. The normalized spacial score (nSPS) is 23.1. The molecule has 2 aliphatic carbocycles. The molecule has 6 nitrogen and oxygen atoms in total. The van der Waals surface area contributed by atoms with Gasteiger partial charge in [-0.05, 0) is 47.6 Å². The molecule has 25 heavy (non-hydrogen) atoms. The number of nitriles is 1. The quantitative estimate of drug-likeness (QED) is 0.877. The molecule has 0 radical (unpaired) electrons. The molecule has 1 amide bonds. The van der Waals surface area contributed by atoms with Gasteiger partial charge < -0.3 is 0 Å². The van der Waals surface area contributed by atoms with Crippen molar-refractivity contribution < 1.29 is 13.2 Å². The topological polar surface area (TPSA) is 99.1 Å². The molecule has 0 spiro atoms. The second kappa shape index (κ2) is 5.60. The van der Waals surface area contributed by atoms with Gasteiger partial charge in [0, 0.05) is 5.92 Å². The first kappa shape index (κ1) is 15.7. The minimum atomic E-state index is -4.03. The van der Waals surface area contributed by atoms with Crippen molar-refractivity contribution in [1.29, 1.82) is 5.26 Å². The summed E-state index contributed by atoms with van der Waals surface area (Å²) in [5, 5.41) is 8.86. The lowest BCUT2D eigenvalue weighted by atomic mass is 10.0. The molecular formula is C18H15N3O3S. The zero-order valence-corrected chi connectivity index (χ0v) is 14.0. The minimum absolute atomic E-state index is 0.119. The fourth-order valence-electron chi connectivity index (χ4n) is 3.74. The molecule has 7 heteroatoms. The van der Waals surface area contributed by atoms with Crippen molar-refractivity contribution in [3.8, 4) is 6.07 Å². The lowest BCUT2D eigenvalue weighted by molar-refractivity contribution is -0.120. The van der Waals surface area contributed by atoms with E-state index in [2.05, 4.69) is 15.5 Å². The summed E-state index contributed by atoms with van der Waals surface area (Å²) in [5.41, 5.74) is 2.97. The monoisotopic (exact) mass is 353 g/mol. The van der Waals surface area contributed by atoms with Crippen molar-refractivity contribution in [3.63, 3.8) is 0 Å². The Morgan fingerprint density at radius 2 is 1.96 bits per heavy atom. The molecule has 1 saturated carbocycles. The number of nitrogens with zero attached hydrogens (tertiary/aromatic N) is 1. The van der Waals surface area contributed by atoms with Crippen molar-refractivity contribution in [2.75, 3.05) is 4.72 Å². The van der Waals surface area contributed by atoms with Gasteiger partial charge in [-0.25, -0.2) is 4.72 Å². The standard InChI is InChI=1S/C18H15N3O3S/c19-10-11-4-3-6-13(8-11)20-25(23,24)21-18(22)17-15-9-12-5-1-2-7-14(12)16(15)17/h1-8,15-17,20H,9H2,(H,21,22). The van der Waals surface area contributed by atoms with E-state index >= 15 is 0 Å². The van der Waals surface area contributed by atoms with E-state index in [1.54, 1.807) is 12.1 Å².